The summed E-state index contributed by atoms with van der Waals surface area (Å²) in [5, 5.41) is 0. The standard InChI is InChI=1S/C12H10.CH3O2P/c1-3-7-11(8-4-1)12-9-5-2-6-10-12;1-4(2)3/h1-10H;1H3/p+1. The fraction of sp³-hybridized carbons (Fsp3) is 0.0769. The fourth-order valence-corrected chi connectivity index (χ4v) is 1.26. The van der Waals surface area contributed by atoms with Gasteiger partial charge < -0.3 is 0 Å². The van der Waals surface area contributed by atoms with E-state index in [2.05, 4.69) is 48.5 Å². The van der Waals surface area contributed by atoms with E-state index in [1.165, 1.54) is 17.8 Å². The lowest BCUT2D eigenvalue weighted by molar-refractivity contribution is 0.509. The number of rotatable bonds is 1. The average Bonchev–Trinajstić information content (AvgIpc) is 2.31. The fourth-order valence-electron chi connectivity index (χ4n) is 1.26. The van der Waals surface area contributed by atoms with E-state index in [-0.39, 0.29) is 0 Å². The highest BCUT2D eigenvalue weighted by Gasteiger charge is 1.91. The molecule has 3 heteroatoms. The topological polar surface area (TPSA) is 37.3 Å². The van der Waals surface area contributed by atoms with Crippen molar-refractivity contribution in [3.05, 3.63) is 60.7 Å². The van der Waals surface area contributed by atoms with Gasteiger partial charge in [-0.15, -0.1) is 0 Å². The number of benzene rings is 2. The first-order valence-corrected chi connectivity index (χ1v) is 6.56. The predicted molar refractivity (Wildman–Crippen MR) is 67.6 cm³/mol. The van der Waals surface area contributed by atoms with Crippen molar-refractivity contribution in [3.8, 4) is 11.1 Å². The summed E-state index contributed by atoms with van der Waals surface area (Å²) in [5.74, 6) is 0. The van der Waals surface area contributed by atoms with E-state index in [0.29, 0.717) is 0 Å². The summed E-state index contributed by atoms with van der Waals surface area (Å²) >= 11 is 0. The Morgan fingerprint density at radius 1 is 0.812 bits per heavy atom. The van der Waals surface area contributed by atoms with Gasteiger partial charge in [-0.2, -0.15) is 4.89 Å². The molecule has 2 rings (SSSR count). The summed E-state index contributed by atoms with van der Waals surface area (Å²) in [5.41, 5.74) is 2.55. The van der Waals surface area contributed by atoms with Crippen LogP contribution in [0.1, 0.15) is 0 Å². The zero-order chi connectivity index (χ0) is 11.8. The maximum Gasteiger partial charge on any atom is 0.502 e. The smallest absolute Gasteiger partial charge is 0.161 e. The Labute approximate surface area is 96.4 Å². The Hall–Kier alpha value is -1.50. The largest absolute Gasteiger partial charge is 0.502 e. The molecule has 1 unspecified atom stereocenters. The first kappa shape index (κ1) is 12.6. The van der Waals surface area contributed by atoms with Crippen molar-refractivity contribution < 1.29 is 9.46 Å². The lowest BCUT2D eigenvalue weighted by Gasteiger charge is -1.98. The molecule has 0 saturated carbocycles. The van der Waals surface area contributed by atoms with E-state index in [1.54, 1.807) is 0 Å². The van der Waals surface area contributed by atoms with Crippen LogP contribution in [0.2, 0.25) is 0 Å². The molecule has 0 aliphatic rings. The maximum absolute atomic E-state index is 9.15. The Bertz CT molecular complexity index is 385. The highest BCUT2D eigenvalue weighted by molar-refractivity contribution is 7.36. The summed E-state index contributed by atoms with van der Waals surface area (Å²) < 4.78 is 9.15. The van der Waals surface area contributed by atoms with Crippen molar-refractivity contribution in [3.63, 3.8) is 0 Å². The third-order valence-corrected chi connectivity index (χ3v) is 1.88. The van der Waals surface area contributed by atoms with Crippen LogP contribution in [0.3, 0.4) is 0 Å². The van der Waals surface area contributed by atoms with Crippen LogP contribution in [0.5, 0.6) is 0 Å². The van der Waals surface area contributed by atoms with Crippen LogP contribution in [0.25, 0.3) is 11.1 Å². The normalized spacial score (nSPS) is 10.0. The van der Waals surface area contributed by atoms with Gasteiger partial charge in [0.2, 0.25) is 0 Å². The van der Waals surface area contributed by atoms with Gasteiger partial charge in [-0.1, -0.05) is 60.7 Å². The summed E-state index contributed by atoms with van der Waals surface area (Å²) in [7, 11) is -1.87. The van der Waals surface area contributed by atoms with Gasteiger partial charge in [0, 0.05) is 0 Å². The lowest BCUT2D eigenvalue weighted by Crippen LogP contribution is -1.73. The van der Waals surface area contributed by atoms with Gasteiger partial charge in [0.1, 0.15) is 0 Å². The molecule has 0 aliphatic heterocycles. The number of hydrogen-bond donors (Lipinski definition) is 1. The van der Waals surface area contributed by atoms with Crippen LogP contribution < -0.4 is 0 Å². The molecule has 0 saturated heterocycles. The van der Waals surface area contributed by atoms with E-state index in [9.17, 15) is 0 Å². The molecule has 0 heterocycles. The molecule has 16 heavy (non-hydrogen) atoms. The first-order valence-electron chi connectivity index (χ1n) is 4.90. The Morgan fingerprint density at radius 3 is 1.31 bits per heavy atom. The quantitative estimate of drug-likeness (QED) is 0.762. The molecule has 0 amide bonds. The van der Waals surface area contributed by atoms with Gasteiger partial charge in [-0.3, -0.25) is 0 Å². The van der Waals surface area contributed by atoms with Crippen molar-refractivity contribution in [1.82, 2.24) is 0 Å². The highest BCUT2D eigenvalue weighted by Crippen LogP contribution is 2.17. The predicted octanol–water partition coefficient (Wildman–Crippen LogP) is 3.70. The molecule has 0 bridgehead atoms. The summed E-state index contributed by atoms with van der Waals surface area (Å²) in [6.45, 7) is 1.23. The molecule has 1 N–H and O–H groups in total. The Balaban J connectivity index is 0.000000280. The molecule has 0 aliphatic carbocycles. The molecule has 1 atom stereocenters. The van der Waals surface area contributed by atoms with Gasteiger partial charge in [0.25, 0.3) is 0 Å². The van der Waals surface area contributed by atoms with Gasteiger partial charge in [0.15, 0.2) is 6.66 Å². The van der Waals surface area contributed by atoms with E-state index in [0.717, 1.165) is 0 Å². The highest BCUT2D eigenvalue weighted by atomic mass is 31.1. The van der Waals surface area contributed by atoms with Crippen molar-refractivity contribution >= 4 is 8.03 Å². The molecular weight excluding hydrogens is 219 g/mol. The van der Waals surface area contributed by atoms with E-state index in [4.69, 9.17) is 9.46 Å². The average molecular weight is 233 g/mol. The monoisotopic (exact) mass is 233 g/mol. The van der Waals surface area contributed by atoms with Crippen molar-refractivity contribution in [2.24, 2.45) is 0 Å². The zero-order valence-corrected chi connectivity index (χ0v) is 9.97. The minimum atomic E-state index is -1.87. The molecule has 0 aromatic heterocycles. The van der Waals surface area contributed by atoms with Crippen LogP contribution in [0.4, 0.5) is 0 Å². The van der Waals surface area contributed by atoms with Crippen LogP contribution >= 0.6 is 8.03 Å². The van der Waals surface area contributed by atoms with Crippen molar-refractivity contribution in [1.29, 1.82) is 0 Å². The van der Waals surface area contributed by atoms with Crippen LogP contribution in [0.15, 0.2) is 60.7 Å². The number of hydrogen-bond acceptors (Lipinski definition) is 1. The molecule has 2 aromatic rings. The van der Waals surface area contributed by atoms with Gasteiger partial charge in [0.05, 0.1) is 0 Å². The SMILES string of the molecule is C[P+](=O)O.c1ccc(-c2ccccc2)cc1. The van der Waals surface area contributed by atoms with E-state index >= 15 is 0 Å². The molecule has 82 valence electrons. The molecule has 0 spiro atoms. The summed E-state index contributed by atoms with van der Waals surface area (Å²) in [6.07, 6.45) is 0. The molecule has 0 fully saturated rings. The Kier molecular flexibility index (Phi) is 5.41. The summed E-state index contributed by atoms with van der Waals surface area (Å²) in [6, 6.07) is 20.8. The molecule has 2 aromatic carbocycles. The van der Waals surface area contributed by atoms with Gasteiger partial charge in [-0.25, -0.2) is 0 Å². The first-order chi connectivity index (χ1) is 7.70. The van der Waals surface area contributed by atoms with Crippen LogP contribution in [0, 0.1) is 0 Å². The maximum atomic E-state index is 9.15. The van der Waals surface area contributed by atoms with Gasteiger partial charge >= 0.3 is 8.03 Å². The van der Waals surface area contributed by atoms with E-state index < -0.39 is 8.03 Å². The van der Waals surface area contributed by atoms with E-state index in [1.807, 2.05) is 12.1 Å². The minimum absolute atomic E-state index is 1.23. The van der Waals surface area contributed by atoms with Crippen molar-refractivity contribution in [2.75, 3.05) is 6.66 Å². The second-order valence-corrected chi connectivity index (χ2v) is 4.12. The molecular formula is C13H14O2P+. The molecule has 2 nitrogen and oxygen atoms in total. The second kappa shape index (κ2) is 6.89. The van der Waals surface area contributed by atoms with Gasteiger partial charge in [-0.05, 0) is 15.7 Å². The van der Waals surface area contributed by atoms with Crippen LogP contribution in [-0.2, 0) is 4.57 Å². The minimum Gasteiger partial charge on any atom is -0.161 e. The Morgan fingerprint density at radius 2 is 1.06 bits per heavy atom. The summed E-state index contributed by atoms with van der Waals surface area (Å²) in [4.78, 5) is 7.56. The second-order valence-electron chi connectivity index (χ2n) is 3.20. The lowest BCUT2D eigenvalue weighted by atomic mass is 10.1. The van der Waals surface area contributed by atoms with Crippen molar-refractivity contribution in [2.45, 2.75) is 0 Å². The molecule has 0 radical (unpaired) electrons. The van der Waals surface area contributed by atoms with Crippen LogP contribution in [-0.4, -0.2) is 11.6 Å². The zero-order valence-electron chi connectivity index (χ0n) is 9.08. The third-order valence-electron chi connectivity index (χ3n) is 1.88. The third kappa shape index (κ3) is 4.83.